The van der Waals surface area contributed by atoms with Crippen molar-refractivity contribution >= 4 is 17.2 Å². The van der Waals surface area contributed by atoms with E-state index in [9.17, 15) is 0 Å². The second kappa shape index (κ2) is 5.44. The van der Waals surface area contributed by atoms with E-state index in [1.54, 1.807) is 6.33 Å². The first-order valence-electron chi connectivity index (χ1n) is 7.07. The van der Waals surface area contributed by atoms with Gasteiger partial charge < -0.3 is 10.6 Å². The third kappa shape index (κ3) is 2.67. The lowest BCUT2D eigenvalue weighted by atomic mass is 10.2. The third-order valence-corrected chi connectivity index (χ3v) is 3.56. The normalized spacial score (nSPS) is 11.0. The number of benzene rings is 1. The van der Waals surface area contributed by atoms with Gasteiger partial charge in [-0.25, -0.2) is 4.98 Å². The summed E-state index contributed by atoms with van der Waals surface area (Å²) in [5.74, 6) is 1.06. The number of nitrogen functional groups attached to an aromatic ring is 1. The largest absolute Gasteiger partial charge is 0.399 e. The molecule has 0 amide bonds. The fourth-order valence-electron chi connectivity index (χ4n) is 2.46. The number of anilines is 2. The van der Waals surface area contributed by atoms with Crippen LogP contribution in [0.4, 0.5) is 11.5 Å². The van der Waals surface area contributed by atoms with Crippen molar-refractivity contribution in [2.24, 2.45) is 0 Å². The standard InChI is InChI=1S/C16H19N5/c1-3-20(10-13-4-6-14(17)7-5-13)16-9-12(2)8-15-18-11-19-21(15)16/h4-9,11H,3,10,17H2,1-2H3. The highest BCUT2D eigenvalue weighted by Gasteiger charge is 2.11. The van der Waals surface area contributed by atoms with Crippen molar-refractivity contribution in [1.82, 2.24) is 14.6 Å². The van der Waals surface area contributed by atoms with Crippen LogP contribution in [0.25, 0.3) is 5.65 Å². The lowest BCUT2D eigenvalue weighted by Crippen LogP contribution is -2.24. The molecule has 0 saturated heterocycles. The van der Waals surface area contributed by atoms with E-state index in [0.717, 1.165) is 30.2 Å². The van der Waals surface area contributed by atoms with E-state index >= 15 is 0 Å². The molecule has 0 aliphatic carbocycles. The molecule has 2 aromatic heterocycles. The molecule has 0 saturated carbocycles. The molecular formula is C16H19N5. The van der Waals surface area contributed by atoms with Crippen molar-refractivity contribution in [2.45, 2.75) is 20.4 Å². The van der Waals surface area contributed by atoms with Crippen LogP contribution < -0.4 is 10.6 Å². The van der Waals surface area contributed by atoms with Crippen LogP contribution in [0.15, 0.2) is 42.7 Å². The van der Waals surface area contributed by atoms with Crippen LogP contribution in [0.5, 0.6) is 0 Å². The molecule has 0 atom stereocenters. The lowest BCUT2D eigenvalue weighted by molar-refractivity contribution is 0.780. The summed E-state index contributed by atoms with van der Waals surface area (Å²) in [4.78, 5) is 6.56. The Morgan fingerprint density at radius 2 is 1.95 bits per heavy atom. The van der Waals surface area contributed by atoms with Crippen LogP contribution in [-0.2, 0) is 6.54 Å². The Morgan fingerprint density at radius 3 is 2.67 bits per heavy atom. The Kier molecular flexibility index (Phi) is 3.48. The molecule has 5 nitrogen and oxygen atoms in total. The number of aryl methyl sites for hydroxylation is 1. The Balaban J connectivity index is 1.98. The maximum atomic E-state index is 5.75. The molecule has 0 bridgehead atoms. The van der Waals surface area contributed by atoms with Gasteiger partial charge in [-0.1, -0.05) is 12.1 Å². The summed E-state index contributed by atoms with van der Waals surface area (Å²) >= 11 is 0. The molecule has 0 spiro atoms. The van der Waals surface area contributed by atoms with Gasteiger partial charge in [-0.05, 0) is 49.2 Å². The molecule has 2 heterocycles. The summed E-state index contributed by atoms with van der Waals surface area (Å²) in [5, 5.41) is 4.33. The fraction of sp³-hybridized carbons (Fsp3) is 0.250. The summed E-state index contributed by atoms with van der Waals surface area (Å²) in [7, 11) is 0. The zero-order valence-electron chi connectivity index (χ0n) is 12.3. The molecular weight excluding hydrogens is 262 g/mol. The molecule has 0 fully saturated rings. The van der Waals surface area contributed by atoms with E-state index in [4.69, 9.17) is 5.73 Å². The predicted molar refractivity (Wildman–Crippen MR) is 85.3 cm³/mol. The van der Waals surface area contributed by atoms with Crippen molar-refractivity contribution in [2.75, 3.05) is 17.2 Å². The minimum absolute atomic E-state index is 0.788. The van der Waals surface area contributed by atoms with Crippen LogP contribution in [0, 0.1) is 6.92 Å². The van der Waals surface area contributed by atoms with Crippen LogP contribution in [-0.4, -0.2) is 21.1 Å². The molecule has 0 aliphatic heterocycles. The number of rotatable bonds is 4. The van der Waals surface area contributed by atoms with E-state index in [2.05, 4.69) is 47.0 Å². The fourth-order valence-corrected chi connectivity index (χ4v) is 2.46. The molecule has 3 aromatic rings. The molecule has 108 valence electrons. The van der Waals surface area contributed by atoms with Gasteiger partial charge in [-0.15, -0.1) is 0 Å². The van der Waals surface area contributed by atoms with E-state index in [1.807, 2.05) is 22.7 Å². The van der Waals surface area contributed by atoms with Gasteiger partial charge in [0.2, 0.25) is 0 Å². The minimum atomic E-state index is 0.788. The Morgan fingerprint density at radius 1 is 1.19 bits per heavy atom. The number of nitrogens with two attached hydrogens (primary N) is 1. The van der Waals surface area contributed by atoms with E-state index in [-0.39, 0.29) is 0 Å². The lowest BCUT2D eigenvalue weighted by Gasteiger charge is -2.24. The van der Waals surface area contributed by atoms with Crippen molar-refractivity contribution in [3.05, 3.63) is 53.9 Å². The number of hydrogen-bond acceptors (Lipinski definition) is 4. The van der Waals surface area contributed by atoms with Crippen molar-refractivity contribution in [3.8, 4) is 0 Å². The van der Waals surface area contributed by atoms with Gasteiger partial charge in [-0.3, -0.25) is 0 Å². The average Bonchev–Trinajstić information content (AvgIpc) is 2.94. The molecule has 5 heteroatoms. The van der Waals surface area contributed by atoms with E-state index in [0.29, 0.717) is 0 Å². The smallest absolute Gasteiger partial charge is 0.157 e. The van der Waals surface area contributed by atoms with Crippen molar-refractivity contribution in [3.63, 3.8) is 0 Å². The highest BCUT2D eigenvalue weighted by Crippen LogP contribution is 2.20. The summed E-state index contributed by atoms with van der Waals surface area (Å²) in [5.41, 5.74) is 9.81. The van der Waals surface area contributed by atoms with Crippen LogP contribution in [0.3, 0.4) is 0 Å². The van der Waals surface area contributed by atoms with E-state index < -0.39 is 0 Å². The van der Waals surface area contributed by atoms with Gasteiger partial charge >= 0.3 is 0 Å². The molecule has 3 rings (SSSR count). The maximum absolute atomic E-state index is 5.75. The van der Waals surface area contributed by atoms with Crippen LogP contribution >= 0.6 is 0 Å². The third-order valence-electron chi connectivity index (χ3n) is 3.56. The first kappa shape index (κ1) is 13.4. The zero-order valence-corrected chi connectivity index (χ0v) is 12.3. The second-order valence-electron chi connectivity index (χ2n) is 5.18. The van der Waals surface area contributed by atoms with Gasteiger partial charge in [0.15, 0.2) is 5.65 Å². The van der Waals surface area contributed by atoms with Gasteiger partial charge in [0.25, 0.3) is 0 Å². The topological polar surface area (TPSA) is 59.5 Å². The second-order valence-corrected chi connectivity index (χ2v) is 5.18. The first-order valence-corrected chi connectivity index (χ1v) is 7.07. The molecule has 2 N–H and O–H groups in total. The van der Waals surface area contributed by atoms with E-state index in [1.165, 1.54) is 11.1 Å². The van der Waals surface area contributed by atoms with Gasteiger partial charge in [0.05, 0.1) is 0 Å². The van der Waals surface area contributed by atoms with Gasteiger partial charge in [-0.2, -0.15) is 9.61 Å². The average molecular weight is 281 g/mol. The highest BCUT2D eigenvalue weighted by molar-refractivity contribution is 5.53. The Bertz CT molecular complexity index is 745. The number of fused-ring (bicyclic) bond motifs is 1. The summed E-state index contributed by atoms with van der Waals surface area (Å²) in [6.45, 7) is 5.93. The monoisotopic (exact) mass is 281 g/mol. The Labute approximate surface area is 124 Å². The highest BCUT2D eigenvalue weighted by atomic mass is 15.4. The van der Waals surface area contributed by atoms with Crippen molar-refractivity contribution in [1.29, 1.82) is 0 Å². The molecule has 0 radical (unpaired) electrons. The van der Waals surface area contributed by atoms with Gasteiger partial charge in [0.1, 0.15) is 12.1 Å². The number of nitrogens with zero attached hydrogens (tertiary/aromatic N) is 4. The SMILES string of the molecule is CCN(Cc1ccc(N)cc1)c1cc(C)cc2ncnn12. The maximum Gasteiger partial charge on any atom is 0.157 e. The summed E-state index contributed by atoms with van der Waals surface area (Å²) in [6.07, 6.45) is 1.59. The van der Waals surface area contributed by atoms with Gasteiger partial charge in [0, 0.05) is 18.8 Å². The predicted octanol–water partition coefficient (Wildman–Crippen LogP) is 2.65. The molecule has 1 aromatic carbocycles. The number of pyridine rings is 1. The first-order chi connectivity index (χ1) is 10.2. The number of hydrogen-bond donors (Lipinski definition) is 1. The van der Waals surface area contributed by atoms with Crippen LogP contribution in [0.1, 0.15) is 18.1 Å². The Hall–Kier alpha value is -2.56. The molecule has 21 heavy (non-hydrogen) atoms. The molecule has 0 unspecified atom stereocenters. The number of aromatic nitrogens is 3. The minimum Gasteiger partial charge on any atom is -0.399 e. The molecule has 0 aliphatic rings. The zero-order chi connectivity index (χ0) is 14.8. The summed E-state index contributed by atoms with van der Waals surface area (Å²) < 4.78 is 1.88. The summed E-state index contributed by atoms with van der Waals surface area (Å²) in [6, 6.07) is 12.2. The van der Waals surface area contributed by atoms with Crippen LogP contribution in [0.2, 0.25) is 0 Å². The van der Waals surface area contributed by atoms with Crippen molar-refractivity contribution < 1.29 is 0 Å². The quantitative estimate of drug-likeness (QED) is 0.747.